The first-order valence-electron chi connectivity index (χ1n) is 6.55. The van der Waals surface area contributed by atoms with Gasteiger partial charge in [-0.3, -0.25) is 4.57 Å². The Bertz CT molecular complexity index is 732. The normalized spacial score (nSPS) is 15.3. The van der Waals surface area contributed by atoms with Crippen LogP contribution in [-0.2, 0) is 5.75 Å². The largest absolute Gasteiger partial charge is 0.409 e. The highest BCUT2D eigenvalue weighted by Gasteiger charge is 2.28. The van der Waals surface area contributed by atoms with E-state index in [1.54, 1.807) is 10.6 Å². The summed E-state index contributed by atoms with van der Waals surface area (Å²) >= 11 is 1.49. The van der Waals surface area contributed by atoms with Gasteiger partial charge in [-0.2, -0.15) is 0 Å². The van der Waals surface area contributed by atoms with E-state index in [1.165, 1.54) is 11.8 Å². The zero-order valence-electron chi connectivity index (χ0n) is 11.2. The molecule has 0 radical (unpaired) electrons. The number of hydrogen-bond donors (Lipinski definition) is 3. The number of rotatable bonds is 5. The number of amidine groups is 1. The first kappa shape index (κ1) is 13.7. The van der Waals surface area contributed by atoms with Crippen molar-refractivity contribution in [1.29, 1.82) is 0 Å². The van der Waals surface area contributed by atoms with Crippen LogP contribution in [0.3, 0.4) is 0 Å². The van der Waals surface area contributed by atoms with E-state index in [4.69, 9.17) is 10.9 Å². The topological polar surface area (TPSA) is 109 Å². The predicted octanol–water partition coefficient (Wildman–Crippen LogP) is 1.29. The summed E-state index contributed by atoms with van der Waals surface area (Å²) in [5, 5.41) is 19.0. The molecule has 1 aromatic heterocycles. The van der Waals surface area contributed by atoms with Crippen LogP contribution in [-0.4, -0.2) is 25.8 Å². The van der Waals surface area contributed by atoms with Gasteiger partial charge in [-0.25, -0.2) is 9.89 Å². The van der Waals surface area contributed by atoms with Crippen LogP contribution >= 0.6 is 11.8 Å². The molecule has 2 aromatic rings. The van der Waals surface area contributed by atoms with Gasteiger partial charge in [0.25, 0.3) is 0 Å². The van der Waals surface area contributed by atoms with Crippen LogP contribution in [0.4, 0.5) is 0 Å². The predicted molar refractivity (Wildman–Crippen MR) is 79.6 cm³/mol. The summed E-state index contributed by atoms with van der Waals surface area (Å²) in [6.07, 6.45) is 2.07. The van der Waals surface area contributed by atoms with E-state index in [0.717, 1.165) is 18.4 Å². The van der Waals surface area contributed by atoms with Gasteiger partial charge in [0.15, 0.2) is 11.0 Å². The highest BCUT2D eigenvalue weighted by atomic mass is 32.2. The van der Waals surface area contributed by atoms with Gasteiger partial charge in [0.05, 0.1) is 0 Å². The molecule has 1 fully saturated rings. The SMILES string of the molecule is NC(=NO)c1cccc(CSc2n[nH]c(=O)n2C2CC2)c1. The summed E-state index contributed by atoms with van der Waals surface area (Å²) in [5.41, 5.74) is 7.11. The van der Waals surface area contributed by atoms with Gasteiger partial charge in [-0.05, 0) is 24.5 Å². The van der Waals surface area contributed by atoms with Crippen LogP contribution in [0, 0.1) is 0 Å². The number of nitrogens with one attached hydrogen (secondary N) is 1. The molecule has 1 aromatic carbocycles. The van der Waals surface area contributed by atoms with E-state index >= 15 is 0 Å². The summed E-state index contributed by atoms with van der Waals surface area (Å²) in [7, 11) is 0. The van der Waals surface area contributed by atoms with E-state index < -0.39 is 0 Å². The van der Waals surface area contributed by atoms with Gasteiger partial charge in [0.1, 0.15) is 0 Å². The lowest BCUT2D eigenvalue weighted by molar-refractivity contribution is 0.318. The van der Waals surface area contributed by atoms with Crippen molar-refractivity contribution < 1.29 is 5.21 Å². The lowest BCUT2D eigenvalue weighted by Gasteiger charge is -2.05. The quantitative estimate of drug-likeness (QED) is 0.253. The van der Waals surface area contributed by atoms with Gasteiger partial charge in [-0.15, -0.1) is 5.10 Å². The number of thioether (sulfide) groups is 1. The Morgan fingerprint density at radius 2 is 2.38 bits per heavy atom. The summed E-state index contributed by atoms with van der Waals surface area (Å²) in [4.78, 5) is 11.7. The van der Waals surface area contributed by atoms with Crippen molar-refractivity contribution in [3.05, 3.63) is 45.9 Å². The standard InChI is InChI=1S/C13H15N5O2S/c14-11(17-20)9-3-1-2-8(6-9)7-21-13-16-15-12(19)18(13)10-4-5-10/h1-3,6,10,20H,4-5,7H2,(H2,14,17)(H,15,19). The molecule has 21 heavy (non-hydrogen) atoms. The average Bonchev–Trinajstić information content (AvgIpc) is 3.28. The number of aromatic nitrogens is 3. The summed E-state index contributed by atoms with van der Waals surface area (Å²) in [6.45, 7) is 0. The fourth-order valence-corrected chi connectivity index (χ4v) is 3.03. The van der Waals surface area contributed by atoms with E-state index in [9.17, 15) is 4.79 Å². The molecule has 0 bridgehead atoms. The Balaban J connectivity index is 1.75. The molecular formula is C13H15N5O2S. The molecular weight excluding hydrogens is 290 g/mol. The van der Waals surface area contributed by atoms with Crippen molar-refractivity contribution in [1.82, 2.24) is 14.8 Å². The molecule has 0 amide bonds. The summed E-state index contributed by atoms with van der Waals surface area (Å²) < 4.78 is 1.72. The van der Waals surface area contributed by atoms with E-state index in [2.05, 4.69) is 15.4 Å². The van der Waals surface area contributed by atoms with Crippen LogP contribution in [0.5, 0.6) is 0 Å². The van der Waals surface area contributed by atoms with Gasteiger partial charge in [0, 0.05) is 17.4 Å². The number of oxime groups is 1. The lowest BCUT2D eigenvalue weighted by Crippen LogP contribution is -2.16. The van der Waals surface area contributed by atoms with Gasteiger partial charge in [-0.1, -0.05) is 35.1 Å². The van der Waals surface area contributed by atoms with Crippen molar-refractivity contribution >= 4 is 17.6 Å². The Morgan fingerprint density at radius 1 is 1.57 bits per heavy atom. The molecule has 0 atom stereocenters. The van der Waals surface area contributed by atoms with Crippen LogP contribution < -0.4 is 11.4 Å². The third-order valence-corrected chi connectivity index (χ3v) is 4.31. The molecule has 1 saturated carbocycles. The molecule has 1 aliphatic carbocycles. The first-order chi connectivity index (χ1) is 10.2. The maximum Gasteiger partial charge on any atom is 0.344 e. The summed E-state index contributed by atoms with van der Waals surface area (Å²) in [6, 6.07) is 7.73. The Labute approximate surface area is 124 Å². The highest BCUT2D eigenvalue weighted by molar-refractivity contribution is 7.98. The molecule has 7 nitrogen and oxygen atoms in total. The molecule has 1 heterocycles. The molecule has 0 saturated heterocycles. The highest BCUT2D eigenvalue weighted by Crippen LogP contribution is 2.36. The number of H-pyrrole nitrogens is 1. The second kappa shape index (κ2) is 5.65. The fourth-order valence-electron chi connectivity index (χ4n) is 2.07. The Hall–Kier alpha value is -2.22. The smallest absolute Gasteiger partial charge is 0.344 e. The molecule has 0 aliphatic heterocycles. The van der Waals surface area contributed by atoms with Crippen molar-refractivity contribution in [2.45, 2.75) is 29.8 Å². The van der Waals surface area contributed by atoms with Crippen molar-refractivity contribution in [3.63, 3.8) is 0 Å². The maximum atomic E-state index is 11.7. The van der Waals surface area contributed by atoms with E-state index in [0.29, 0.717) is 22.5 Å². The van der Waals surface area contributed by atoms with E-state index in [-0.39, 0.29) is 11.5 Å². The molecule has 1 aliphatic rings. The van der Waals surface area contributed by atoms with Gasteiger partial charge < -0.3 is 10.9 Å². The van der Waals surface area contributed by atoms with Crippen molar-refractivity contribution in [2.75, 3.05) is 0 Å². The van der Waals surface area contributed by atoms with Crippen LogP contribution in [0.1, 0.15) is 30.0 Å². The number of hydrogen-bond acceptors (Lipinski definition) is 5. The second-order valence-corrected chi connectivity index (χ2v) is 5.83. The monoisotopic (exact) mass is 305 g/mol. The van der Waals surface area contributed by atoms with Gasteiger partial charge in [0.2, 0.25) is 0 Å². The van der Waals surface area contributed by atoms with Crippen molar-refractivity contribution in [2.24, 2.45) is 10.9 Å². The van der Waals surface area contributed by atoms with Crippen molar-refractivity contribution in [3.8, 4) is 0 Å². The molecule has 4 N–H and O–H groups in total. The first-order valence-corrected chi connectivity index (χ1v) is 7.54. The molecule has 110 valence electrons. The maximum absolute atomic E-state index is 11.7. The van der Waals surface area contributed by atoms with Crippen LogP contribution in [0.2, 0.25) is 0 Å². The third-order valence-electron chi connectivity index (χ3n) is 3.28. The minimum absolute atomic E-state index is 0.0801. The minimum atomic E-state index is -0.148. The molecule has 0 spiro atoms. The van der Waals surface area contributed by atoms with E-state index in [1.807, 2.05) is 18.2 Å². The Kier molecular flexibility index (Phi) is 3.70. The number of aromatic amines is 1. The molecule has 0 unspecified atom stereocenters. The Morgan fingerprint density at radius 3 is 3.10 bits per heavy atom. The second-order valence-electron chi connectivity index (χ2n) is 4.89. The zero-order valence-corrected chi connectivity index (χ0v) is 12.0. The number of nitrogens with zero attached hydrogens (tertiary/aromatic N) is 3. The summed E-state index contributed by atoms with van der Waals surface area (Å²) in [5.74, 6) is 0.736. The lowest BCUT2D eigenvalue weighted by atomic mass is 10.1. The molecule has 8 heteroatoms. The van der Waals surface area contributed by atoms with Crippen LogP contribution in [0.15, 0.2) is 39.4 Å². The molecule has 3 rings (SSSR count). The fraction of sp³-hybridized carbons (Fsp3) is 0.308. The average molecular weight is 305 g/mol. The number of nitrogens with two attached hydrogens (primary N) is 1. The third kappa shape index (κ3) is 2.94. The van der Waals surface area contributed by atoms with Gasteiger partial charge >= 0.3 is 5.69 Å². The van der Waals surface area contributed by atoms with Crippen LogP contribution in [0.25, 0.3) is 0 Å². The zero-order chi connectivity index (χ0) is 14.8. The minimum Gasteiger partial charge on any atom is -0.409 e. The number of benzene rings is 1.